The van der Waals surface area contributed by atoms with Crippen molar-refractivity contribution in [2.24, 2.45) is 0 Å². The summed E-state index contributed by atoms with van der Waals surface area (Å²) in [5.41, 5.74) is 2.12. The monoisotopic (exact) mass is 186 g/mol. The minimum absolute atomic E-state index is 0.738. The molecule has 4 nitrogen and oxygen atoms in total. The first-order valence-electron chi connectivity index (χ1n) is 4.34. The molecule has 0 amide bonds. The summed E-state index contributed by atoms with van der Waals surface area (Å²) in [5, 5.41) is 4.99. The van der Waals surface area contributed by atoms with E-state index in [2.05, 4.69) is 15.1 Å². The molecule has 2 aromatic heterocycles. The van der Waals surface area contributed by atoms with E-state index in [1.807, 2.05) is 30.5 Å². The zero-order valence-corrected chi connectivity index (χ0v) is 7.32. The Balaban J connectivity index is 2.33. The molecule has 0 bridgehead atoms. The molecule has 0 saturated carbocycles. The fourth-order valence-corrected chi connectivity index (χ4v) is 1.58. The first-order valence-corrected chi connectivity index (χ1v) is 4.34. The van der Waals surface area contributed by atoms with E-state index in [0.717, 1.165) is 22.3 Å². The van der Waals surface area contributed by atoms with Crippen LogP contribution in [-0.2, 0) is 0 Å². The first kappa shape index (κ1) is 7.32. The van der Waals surface area contributed by atoms with Crippen LogP contribution in [0.4, 0.5) is 0 Å². The molecule has 3 aromatic rings. The molecule has 68 valence electrons. The number of H-pyrrole nitrogens is 2. The Morgan fingerprint density at radius 2 is 2.21 bits per heavy atom. The summed E-state index contributed by atoms with van der Waals surface area (Å²) < 4.78 is 4.77. The smallest absolute Gasteiger partial charge is 0.360 e. The zero-order chi connectivity index (χ0) is 9.38. The number of rotatable bonds is 1. The van der Waals surface area contributed by atoms with Crippen LogP contribution in [0, 0.1) is 0 Å². The third-order valence-electron chi connectivity index (χ3n) is 2.24. The summed E-state index contributed by atoms with van der Waals surface area (Å²) in [6.45, 7) is 0. The van der Waals surface area contributed by atoms with Gasteiger partial charge in [-0.1, -0.05) is 18.2 Å². The Morgan fingerprint density at radius 1 is 1.29 bits per heavy atom. The van der Waals surface area contributed by atoms with Crippen LogP contribution in [-0.4, -0.2) is 10.1 Å². The maximum atomic E-state index is 4.77. The maximum Gasteiger partial charge on any atom is 0.380 e. The van der Waals surface area contributed by atoms with Gasteiger partial charge in [0, 0.05) is 17.1 Å². The van der Waals surface area contributed by atoms with Crippen LogP contribution < -0.4 is 4.98 Å². The Kier molecular flexibility index (Phi) is 1.41. The lowest BCUT2D eigenvalue weighted by molar-refractivity contribution is -0.371. The minimum atomic E-state index is 0.738. The molecule has 14 heavy (non-hydrogen) atoms. The quantitative estimate of drug-likeness (QED) is 0.628. The molecule has 3 rings (SSSR count). The second-order valence-electron chi connectivity index (χ2n) is 3.06. The average Bonchev–Trinajstić information content (AvgIpc) is 2.85. The molecular formula is C10H8N3O+. The lowest BCUT2D eigenvalue weighted by Crippen LogP contribution is -1.99. The Bertz CT molecular complexity index is 554. The third kappa shape index (κ3) is 0.939. The van der Waals surface area contributed by atoms with Crippen molar-refractivity contribution in [3.05, 3.63) is 36.9 Å². The van der Waals surface area contributed by atoms with Gasteiger partial charge >= 0.3 is 12.2 Å². The van der Waals surface area contributed by atoms with E-state index in [0.29, 0.717) is 0 Å². The molecule has 4 heteroatoms. The molecule has 0 fully saturated rings. The van der Waals surface area contributed by atoms with Crippen LogP contribution >= 0.6 is 0 Å². The van der Waals surface area contributed by atoms with E-state index in [-0.39, 0.29) is 0 Å². The zero-order valence-electron chi connectivity index (χ0n) is 7.32. The molecule has 0 aliphatic carbocycles. The Labute approximate surface area is 79.6 Å². The molecule has 0 spiro atoms. The molecule has 0 atom stereocenters. The van der Waals surface area contributed by atoms with E-state index in [1.54, 1.807) is 0 Å². The minimum Gasteiger partial charge on any atom is -0.360 e. The van der Waals surface area contributed by atoms with Gasteiger partial charge in [-0.3, -0.25) is 0 Å². The van der Waals surface area contributed by atoms with Gasteiger partial charge in [0.05, 0.1) is 5.56 Å². The summed E-state index contributed by atoms with van der Waals surface area (Å²) in [6, 6.07) is 8.07. The molecule has 0 unspecified atom stereocenters. The van der Waals surface area contributed by atoms with Crippen LogP contribution in [0.25, 0.3) is 22.3 Å². The van der Waals surface area contributed by atoms with Crippen molar-refractivity contribution in [3.63, 3.8) is 0 Å². The maximum absolute atomic E-state index is 4.77. The largest absolute Gasteiger partial charge is 0.380 e. The fraction of sp³-hybridized carbons (Fsp3) is 0. The normalized spacial score (nSPS) is 10.9. The van der Waals surface area contributed by atoms with Crippen molar-refractivity contribution in [1.82, 2.24) is 10.1 Å². The Morgan fingerprint density at radius 3 is 3.07 bits per heavy atom. The summed E-state index contributed by atoms with van der Waals surface area (Å²) in [5.74, 6) is 0.738. The van der Waals surface area contributed by atoms with Gasteiger partial charge in [-0.05, 0) is 6.07 Å². The number of nitrogens with zero attached hydrogens (tertiary/aromatic N) is 1. The van der Waals surface area contributed by atoms with Gasteiger partial charge in [0.2, 0.25) is 0 Å². The van der Waals surface area contributed by atoms with E-state index < -0.39 is 0 Å². The summed E-state index contributed by atoms with van der Waals surface area (Å²) >= 11 is 0. The van der Waals surface area contributed by atoms with Crippen LogP contribution in [0.2, 0.25) is 0 Å². The predicted octanol–water partition coefficient (Wildman–Crippen LogP) is 1.64. The molecule has 2 N–H and O–H groups in total. The van der Waals surface area contributed by atoms with Crippen molar-refractivity contribution >= 4 is 10.9 Å². The van der Waals surface area contributed by atoms with Crippen molar-refractivity contribution in [1.29, 1.82) is 0 Å². The summed E-state index contributed by atoms with van der Waals surface area (Å²) in [7, 11) is 0. The van der Waals surface area contributed by atoms with E-state index in [9.17, 15) is 0 Å². The highest BCUT2D eigenvalue weighted by atomic mass is 16.5. The van der Waals surface area contributed by atoms with Crippen LogP contribution in [0.15, 0.2) is 41.4 Å². The number of benzene rings is 1. The van der Waals surface area contributed by atoms with Gasteiger partial charge in [-0.15, -0.1) is 0 Å². The number of aromatic nitrogens is 3. The highest BCUT2D eigenvalue weighted by molar-refractivity contribution is 5.92. The predicted molar refractivity (Wildman–Crippen MR) is 50.4 cm³/mol. The van der Waals surface area contributed by atoms with E-state index in [1.165, 1.54) is 6.39 Å². The van der Waals surface area contributed by atoms with Crippen LogP contribution in [0.5, 0.6) is 0 Å². The molecule has 0 aliphatic heterocycles. The average molecular weight is 186 g/mol. The van der Waals surface area contributed by atoms with Crippen LogP contribution in [0.3, 0.4) is 0 Å². The van der Waals surface area contributed by atoms with Crippen molar-refractivity contribution < 1.29 is 9.51 Å². The second kappa shape index (κ2) is 2.70. The highest BCUT2D eigenvalue weighted by Crippen LogP contribution is 2.23. The van der Waals surface area contributed by atoms with E-state index in [4.69, 9.17) is 4.52 Å². The van der Waals surface area contributed by atoms with Gasteiger partial charge in [0.1, 0.15) is 0 Å². The van der Waals surface area contributed by atoms with Gasteiger partial charge < -0.3 is 4.98 Å². The highest BCUT2D eigenvalue weighted by Gasteiger charge is 2.15. The number of nitrogens with one attached hydrogen (secondary N) is 2. The van der Waals surface area contributed by atoms with E-state index >= 15 is 0 Å². The standard InChI is InChI=1S/C10H7N3O/c1-2-4-9-7(3-1)8(5-11-9)10-12-6-14-13-10/h1-6,11H/p+1. The molecule has 0 saturated heterocycles. The number of aromatic amines is 2. The topological polar surface area (TPSA) is 56.0 Å². The summed E-state index contributed by atoms with van der Waals surface area (Å²) in [6.07, 6.45) is 3.37. The first-order chi connectivity index (χ1) is 6.95. The molecule has 0 aliphatic rings. The number of hydrogen-bond donors (Lipinski definition) is 1. The van der Waals surface area contributed by atoms with Crippen molar-refractivity contribution in [2.75, 3.05) is 0 Å². The third-order valence-corrected chi connectivity index (χ3v) is 2.24. The summed E-state index contributed by atoms with van der Waals surface area (Å²) in [4.78, 5) is 6.11. The number of para-hydroxylation sites is 1. The van der Waals surface area contributed by atoms with Gasteiger partial charge in [-0.25, -0.2) is 9.51 Å². The van der Waals surface area contributed by atoms with Gasteiger partial charge in [0.25, 0.3) is 0 Å². The molecular weight excluding hydrogens is 178 g/mol. The lowest BCUT2D eigenvalue weighted by atomic mass is 10.2. The SMILES string of the molecule is c1ccc2c(-c3noc[nH+]3)c[nH]c2c1. The van der Waals surface area contributed by atoms with Crippen LogP contribution in [0.1, 0.15) is 0 Å². The molecule has 1 aromatic carbocycles. The number of hydrogen-bond acceptors (Lipinski definition) is 2. The Hall–Kier alpha value is -2.10. The van der Waals surface area contributed by atoms with Crippen molar-refractivity contribution in [2.45, 2.75) is 0 Å². The van der Waals surface area contributed by atoms with Gasteiger partial charge in [0.15, 0.2) is 5.16 Å². The molecule has 0 radical (unpaired) electrons. The number of fused-ring (bicyclic) bond motifs is 1. The lowest BCUT2D eigenvalue weighted by Gasteiger charge is -1.87. The van der Waals surface area contributed by atoms with Crippen molar-refractivity contribution in [3.8, 4) is 11.4 Å². The van der Waals surface area contributed by atoms with Gasteiger partial charge in [-0.2, -0.15) is 0 Å². The fourth-order valence-electron chi connectivity index (χ4n) is 1.58. The molecule has 2 heterocycles. The second-order valence-corrected chi connectivity index (χ2v) is 3.06.